The maximum atomic E-state index is 11.0. The fourth-order valence-electron chi connectivity index (χ4n) is 1.24. The topological polar surface area (TPSA) is 52.3 Å². The Hall–Kier alpha value is -1.22. The number of aryl methyl sites for hydroxylation is 1. The zero-order chi connectivity index (χ0) is 11.4. The lowest BCUT2D eigenvalue weighted by Gasteiger charge is -2.15. The van der Waals surface area contributed by atoms with Crippen molar-refractivity contribution in [2.75, 3.05) is 0 Å². The Balaban J connectivity index is 2.84. The number of halogens is 1. The summed E-state index contributed by atoms with van der Waals surface area (Å²) in [5.74, 6) is 0.192. The molecule has 0 aromatic heterocycles. The monoisotopic (exact) mass is 227 g/mol. The number of hydrogen-bond acceptors (Lipinski definition) is 2. The maximum absolute atomic E-state index is 11.0. The highest BCUT2D eigenvalue weighted by molar-refractivity contribution is 6.30. The van der Waals surface area contributed by atoms with E-state index in [4.69, 9.17) is 22.1 Å². The highest BCUT2D eigenvalue weighted by Gasteiger charge is 2.15. The molecule has 1 aromatic carbocycles. The van der Waals surface area contributed by atoms with Crippen LogP contribution in [0.3, 0.4) is 0 Å². The number of carbonyl (C=O) groups excluding carboxylic acids is 1. The third-order valence-electron chi connectivity index (χ3n) is 2.09. The first-order valence-corrected chi connectivity index (χ1v) is 5.14. The SMILES string of the molecule is CCC(Oc1ccc(Cl)cc1C)C(N)=O. The zero-order valence-electron chi connectivity index (χ0n) is 8.79. The predicted molar refractivity (Wildman–Crippen MR) is 60.1 cm³/mol. The van der Waals surface area contributed by atoms with Crippen LogP contribution in [0.4, 0.5) is 0 Å². The molecule has 1 amide bonds. The van der Waals surface area contributed by atoms with Crippen molar-refractivity contribution >= 4 is 17.5 Å². The van der Waals surface area contributed by atoms with Crippen LogP contribution in [0.1, 0.15) is 18.9 Å². The Bertz CT molecular complexity index is 366. The molecule has 0 spiro atoms. The summed E-state index contributed by atoms with van der Waals surface area (Å²) >= 11 is 5.80. The molecule has 1 aromatic rings. The predicted octanol–water partition coefficient (Wildman–Crippen LogP) is 2.29. The van der Waals surface area contributed by atoms with Gasteiger partial charge in [0.1, 0.15) is 5.75 Å². The number of benzene rings is 1. The largest absolute Gasteiger partial charge is 0.480 e. The van der Waals surface area contributed by atoms with Gasteiger partial charge in [-0.05, 0) is 37.1 Å². The Morgan fingerprint density at radius 2 is 2.27 bits per heavy atom. The number of nitrogens with two attached hydrogens (primary N) is 1. The molecule has 1 rings (SSSR count). The normalized spacial score (nSPS) is 12.2. The second-order valence-corrected chi connectivity index (χ2v) is 3.76. The number of carbonyl (C=O) groups is 1. The van der Waals surface area contributed by atoms with Crippen molar-refractivity contribution in [1.82, 2.24) is 0 Å². The average Bonchev–Trinajstić information content (AvgIpc) is 2.16. The maximum Gasteiger partial charge on any atom is 0.258 e. The van der Waals surface area contributed by atoms with Crippen LogP contribution < -0.4 is 10.5 Å². The van der Waals surface area contributed by atoms with E-state index in [2.05, 4.69) is 0 Å². The Kier molecular flexibility index (Phi) is 3.97. The van der Waals surface area contributed by atoms with Gasteiger partial charge < -0.3 is 10.5 Å². The zero-order valence-corrected chi connectivity index (χ0v) is 9.54. The third kappa shape index (κ3) is 3.13. The van der Waals surface area contributed by atoms with Gasteiger partial charge in [-0.1, -0.05) is 18.5 Å². The molecule has 0 saturated carbocycles. The van der Waals surface area contributed by atoms with E-state index in [0.717, 1.165) is 5.56 Å². The van der Waals surface area contributed by atoms with Gasteiger partial charge in [-0.3, -0.25) is 4.79 Å². The number of hydrogen-bond donors (Lipinski definition) is 1. The van der Waals surface area contributed by atoms with Gasteiger partial charge in [0.05, 0.1) is 0 Å². The Labute approximate surface area is 94.2 Å². The molecule has 0 aliphatic heterocycles. The molecular formula is C11H14ClNO2. The second kappa shape index (κ2) is 5.03. The summed E-state index contributed by atoms with van der Waals surface area (Å²) in [4.78, 5) is 11.0. The van der Waals surface area contributed by atoms with E-state index in [1.54, 1.807) is 18.2 Å². The minimum atomic E-state index is -0.579. The fourth-order valence-corrected chi connectivity index (χ4v) is 1.47. The van der Waals surface area contributed by atoms with Gasteiger partial charge in [0, 0.05) is 5.02 Å². The van der Waals surface area contributed by atoms with Crippen molar-refractivity contribution in [1.29, 1.82) is 0 Å². The van der Waals surface area contributed by atoms with Crippen LogP contribution in [0.2, 0.25) is 5.02 Å². The lowest BCUT2D eigenvalue weighted by Crippen LogP contribution is -2.33. The van der Waals surface area contributed by atoms with Crippen molar-refractivity contribution in [2.24, 2.45) is 5.73 Å². The van der Waals surface area contributed by atoms with Gasteiger partial charge in [-0.2, -0.15) is 0 Å². The number of rotatable bonds is 4. The van der Waals surface area contributed by atoms with E-state index in [9.17, 15) is 4.79 Å². The molecule has 1 unspecified atom stereocenters. The fraction of sp³-hybridized carbons (Fsp3) is 0.364. The summed E-state index contributed by atoms with van der Waals surface area (Å²) < 4.78 is 5.48. The molecule has 1 atom stereocenters. The van der Waals surface area contributed by atoms with E-state index in [-0.39, 0.29) is 0 Å². The molecule has 0 radical (unpaired) electrons. The standard InChI is InChI=1S/C11H14ClNO2/c1-3-9(11(13)14)15-10-5-4-8(12)6-7(10)2/h4-6,9H,3H2,1-2H3,(H2,13,14). The molecule has 0 aliphatic carbocycles. The van der Waals surface area contributed by atoms with Crippen LogP contribution in [-0.4, -0.2) is 12.0 Å². The number of primary amides is 1. The Morgan fingerprint density at radius 1 is 1.60 bits per heavy atom. The van der Waals surface area contributed by atoms with Gasteiger partial charge in [0.15, 0.2) is 6.10 Å². The van der Waals surface area contributed by atoms with Gasteiger partial charge >= 0.3 is 0 Å². The summed E-state index contributed by atoms with van der Waals surface area (Å²) in [6, 6.07) is 5.24. The lowest BCUT2D eigenvalue weighted by atomic mass is 10.2. The first kappa shape index (κ1) is 11.9. The van der Waals surface area contributed by atoms with E-state index < -0.39 is 12.0 Å². The van der Waals surface area contributed by atoms with Crippen LogP contribution in [0.5, 0.6) is 5.75 Å². The summed E-state index contributed by atoms with van der Waals surface area (Å²) in [6.45, 7) is 3.72. The molecule has 0 fully saturated rings. The van der Waals surface area contributed by atoms with E-state index in [1.165, 1.54) is 0 Å². The summed E-state index contributed by atoms with van der Waals surface area (Å²) in [5.41, 5.74) is 6.08. The Morgan fingerprint density at radius 3 is 2.73 bits per heavy atom. The van der Waals surface area contributed by atoms with Gasteiger partial charge in [0.2, 0.25) is 0 Å². The molecule has 2 N–H and O–H groups in total. The second-order valence-electron chi connectivity index (χ2n) is 3.33. The quantitative estimate of drug-likeness (QED) is 0.858. The summed E-state index contributed by atoms with van der Waals surface area (Å²) in [5, 5.41) is 0.645. The van der Waals surface area contributed by atoms with Crippen LogP contribution in [0, 0.1) is 6.92 Å². The number of ether oxygens (including phenoxy) is 1. The van der Waals surface area contributed by atoms with Gasteiger partial charge in [-0.25, -0.2) is 0 Å². The minimum Gasteiger partial charge on any atom is -0.480 e. The third-order valence-corrected chi connectivity index (χ3v) is 2.33. The minimum absolute atomic E-state index is 0.452. The van der Waals surface area contributed by atoms with Gasteiger partial charge in [0.25, 0.3) is 5.91 Å². The first-order chi connectivity index (χ1) is 7.04. The first-order valence-electron chi connectivity index (χ1n) is 4.76. The van der Waals surface area contributed by atoms with Crippen molar-refractivity contribution in [3.05, 3.63) is 28.8 Å². The lowest BCUT2D eigenvalue weighted by molar-refractivity contribution is -0.124. The van der Waals surface area contributed by atoms with Gasteiger partial charge in [-0.15, -0.1) is 0 Å². The van der Waals surface area contributed by atoms with Crippen molar-refractivity contribution in [3.8, 4) is 5.75 Å². The molecule has 4 heteroatoms. The molecule has 0 aliphatic rings. The molecule has 0 heterocycles. The molecule has 82 valence electrons. The highest BCUT2D eigenvalue weighted by atomic mass is 35.5. The van der Waals surface area contributed by atoms with E-state index in [0.29, 0.717) is 17.2 Å². The molecule has 3 nitrogen and oxygen atoms in total. The molecule has 0 bridgehead atoms. The van der Waals surface area contributed by atoms with Crippen LogP contribution in [0.15, 0.2) is 18.2 Å². The smallest absolute Gasteiger partial charge is 0.258 e. The molecule has 15 heavy (non-hydrogen) atoms. The molecule has 0 saturated heterocycles. The van der Waals surface area contributed by atoms with Crippen LogP contribution in [0.25, 0.3) is 0 Å². The van der Waals surface area contributed by atoms with Crippen molar-refractivity contribution in [3.63, 3.8) is 0 Å². The summed E-state index contributed by atoms with van der Waals surface area (Å²) in [7, 11) is 0. The molecular weight excluding hydrogens is 214 g/mol. The number of amides is 1. The summed E-state index contributed by atoms with van der Waals surface area (Å²) in [6.07, 6.45) is -0.0258. The average molecular weight is 228 g/mol. The van der Waals surface area contributed by atoms with Crippen molar-refractivity contribution < 1.29 is 9.53 Å². The van der Waals surface area contributed by atoms with E-state index >= 15 is 0 Å². The van der Waals surface area contributed by atoms with E-state index in [1.807, 2.05) is 13.8 Å². The van der Waals surface area contributed by atoms with Crippen LogP contribution >= 0.6 is 11.6 Å². The highest BCUT2D eigenvalue weighted by Crippen LogP contribution is 2.23. The van der Waals surface area contributed by atoms with Crippen LogP contribution in [-0.2, 0) is 4.79 Å². The van der Waals surface area contributed by atoms with Crippen molar-refractivity contribution in [2.45, 2.75) is 26.4 Å².